The molecule has 0 unspecified atom stereocenters. The van der Waals surface area contributed by atoms with E-state index in [0.29, 0.717) is 38.5 Å². The second-order valence-electron chi connectivity index (χ2n) is 6.98. The van der Waals surface area contributed by atoms with Crippen LogP contribution in [-0.2, 0) is 9.47 Å². The molecular weight excluding hydrogens is 322 g/mol. The third-order valence-electron chi connectivity index (χ3n) is 3.81. The van der Waals surface area contributed by atoms with Crippen LogP contribution in [0.15, 0.2) is 12.1 Å². The largest absolute Gasteiger partial charge is 0.461 e. The number of esters is 1. The molecular formula is C18H27N3O4. The minimum absolute atomic E-state index is 0.278. The first kappa shape index (κ1) is 19.0. The molecule has 1 aromatic heterocycles. The highest BCUT2D eigenvalue weighted by molar-refractivity contribution is 5.87. The van der Waals surface area contributed by atoms with Crippen LogP contribution in [-0.4, -0.2) is 60.3 Å². The van der Waals surface area contributed by atoms with Crippen LogP contribution in [0.3, 0.4) is 0 Å². The molecule has 1 aromatic rings. The number of aryl methyl sites for hydroxylation is 1. The van der Waals surface area contributed by atoms with Crippen molar-refractivity contribution < 1.29 is 19.1 Å². The van der Waals surface area contributed by atoms with Crippen LogP contribution in [0.25, 0.3) is 0 Å². The van der Waals surface area contributed by atoms with Crippen LogP contribution >= 0.6 is 0 Å². The molecule has 2 rings (SSSR count). The molecule has 0 aliphatic carbocycles. The van der Waals surface area contributed by atoms with Gasteiger partial charge in [-0.05, 0) is 46.8 Å². The van der Waals surface area contributed by atoms with Gasteiger partial charge < -0.3 is 19.3 Å². The number of carbonyl (C=O) groups is 2. The number of hydrogen-bond donors (Lipinski definition) is 0. The molecule has 1 aliphatic heterocycles. The van der Waals surface area contributed by atoms with Crippen molar-refractivity contribution >= 4 is 17.7 Å². The minimum atomic E-state index is -0.488. The Kier molecular flexibility index (Phi) is 5.87. The van der Waals surface area contributed by atoms with Crippen molar-refractivity contribution in [1.29, 1.82) is 0 Å². The van der Waals surface area contributed by atoms with Gasteiger partial charge in [-0.3, -0.25) is 0 Å². The Morgan fingerprint density at radius 2 is 1.80 bits per heavy atom. The van der Waals surface area contributed by atoms with E-state index in [0.717, 1.165) is 11.4 Å². The Labute approximate surface area is 148 Å². The van der Waals surface area contributed by atoms with E-state index in [1.807, 2.05) is 33.8 Å². The zero-order valence-electron chi connectivity index (χ0n) is 15.7. The molecule has 138 valence electrons. The predicted molar refractivity (Wildman–Crippen MR) is 95.0 cm³/mol. The summed E-state index contributed by atoms with van der Waals surface area (Å²) in [4.78, 5) is 32.1. The number of amides is 1. The van der Waals surface area contributed by atoms with Crippen LogP contribution in [0.2, 0.25) is 0 Å². The lowest BCUT2D eigenvalue weighted by molar-refractivity contribution is 0.0240. The van der Waals surface area contributed by atoms with Crippen molar-refractivity contribution in [2.75, 3.05) is 37.7 Å². The number of ether oxygens (including phenoxy) is 2. The average molecular weight is 349 g/mol. The number of pyridine rings is 1. The van der Waals surface area contributed by atoms with E-state index in [-0.39, 0.29) is 6.09 Å². The summed E-state index contributed by atoms with van der Waals surface area (Å²) in [7, 11) is 0. The Balaban J connectivity index is 1.99. The van der Waals surface area contributed by atoms with E-state index >= 15 is 0 Å². The Bertz CT molecular complexity index is 632. The van der Waals surface area contributed by atoms with Crippen molar-refractivity contribution in [2.45, 2.75) is 40.2 Å². The molecule has 1 amide bonds. The summed E-state index contributed by atoms with van der Waals surface area (Å²) in [5.74, 6) is -0.410. The molecule has 2 heterocycles. The first-order valence-corrected chi connectivity index (χ1v) is 8.59. The van der Waals surface area contributed by atoms with Crippen LogP contribution < -0.4 is 4.90 Å². The first-order valence-electron chi connectivity index (χ1n) is 8.59. The van der Waals surface area contributed by atoms with E-state index in [1.165, 1.54) is 0 Å². The fourth-order valence-electron chi connectivity index (χ4n) is 2.66. The SMILES string of the molecule is CCOC(=O)c1ccc(N2CCN(C(=O)OC(C)(C)C)CC2)c(C)n1. The normalized spacial score (nSPS) is 15.1. The van der Waals surface area contributed by atoms with Gasteiger partial charge in [0.1, 0.15) is 11.3 Å². The van der Waals surface area contributed by atoms with E-state index in [1.54, 1.807) is 17.9 Å². The summed E-state index contributed by atoms with van der Waals surface area (Å²) in [6, 6.07) is 3.57. The van der Waals surface area contributed by atoms with Gasteiger partial charge in [0.2, 0.25) is 0 Å². The van der Waals surface area contributed by atoms with Crippen LogP contribution in [0.1, 0.15) is 43.9 Å². The molecule has 1 aliphatic rings. The Hall–Kier alpha value is -2.31. The summed E-state index contributed by atoms with van der Waals surface area (Å²) in [5.41, 5.74) is 1.57. The molecule has 0 atom stereocenters. The van der Waals surface area contributed by atoms with Crippen molar-refractivity contribution in [3.63, 3.8) is 0 Å². The number of hydrogen-bond acceptors (Lipinski definition) is 6. The monoisotopic (exact) mass is 349 g/mol. The standard InChI is InChI=1S/C18H27N3O4/c1-6-24-16(22)14-7-8-15(13(2)19-14)20-9-11-21(12-10-20)17(23)25-18(3,4)5/h7-8H,6,9-12H2,1-5H3. The van der Waals surface area contributed by atoms with Crippen molar-refractivity contribution in [3.8, 4) is 0 Å². The molecule has 0 saturated carbocycles. The maximum atomic E-state index is 12.1. The molecule has 0 radical (unpaired) electrons. The molecule has 0 bridgehead atoms. The van der Waals surface area contributed by atoms with Gasteiger partial charge in [-0.25, -0.2) is 14.6 Å². The lowest BCUT2D eigenvalue weighted by atomic mass is 10.2. The quantitative estimate of drug-likeness (QED) is 0.781. The highest BCUT2D eigenvalue weighted by Gasteiger charge is 2.26. The van der Waals surface area contributed by atoms with E-state index in [4.69, 9.17) is 9.47 Å². The van der Waals surface area contributed by atoms with E-state index < -0.39 is 11.6 Å². The molecule has 7 nitrogen and oxygen atoms in total. The first-order chi connectivity index (χ1) is 11.7. The van der Waals surface area contributed by atoms with Gasteiger partial charge in [-0.15, -0.1) is 0 Å². The maximum Gasteiger partial charge on any atom is 0.410 e. The van der Waals surface area contributed by atoms with E-state index in [2.05, 4.69) is 9.88 Å². The van der Waals surface area contributed by atoms with Crippen molar-refractivity contribution in [2.24, 2.45) is 0 Å². The lowest BCUT2D eigenvalue weighted by Crippen LogP contribution is -2.50. The summed E-state index contributed by atoms with van der Waals surface area (Å²) in [5, 5.41) is 0. The minimum Gasteiger partial charge on any atom is -0.461 e. The van der Waals surface area contributed by atoms with Gasteiger partial charge in [-0.1, -0.05) is 0 Å². The molecule has 0 N–H and O–H groups in total. The highest BCUT2D eigenvalue weighted by Crippen LogP contribution is 2.21. The topological polar surface area (TPSA) is 72.0 Å². The summed E-state index contributed by atoms with van der Waals surface area (Å²) in [6.07, 6.45) is -0.278. The molecule has 7 heteroatoms. The fourth-order valence-corrected chi connectivity index (χ4v) is 2.66. The van der Waals surface area contributed by atoms with Crippen molar-refractivity contribution in [1.82, 2.24) is 9.88 Å². The zero-order chi connectivity index (χ0) is 18.6. The third-order valence-corrected chi connectivity index (χ3v) is 3.81. The van der Waals surface area contributed by atoms with Crippen LogP contribution in [0.4, 0.5) is 10.5 Å². The Morgan fingerprint density at radius 3 is 2.32 bits per heavy atom. The number of anilines is 1. The van der Waals surface area contributed by atoms with Gasteiger partial charge in [0.25, 0.3) is 0 Å². The lowest BCUT2D eigenvalue weighted by Gasteiger charge is -2.37. The van der Waals surface area contributed by atoms with Crippen molar-refractivity contribution in [3.05, 3.63) is 23.5 Å². The van der Waals surface area contributed by atoms with Gasteiger partial charge in [0, 0.05) is 26.2 Å². The average Bonchev–Trinajstić information content (AvgIpc) is 2.53. The molecule has 1 saturated heterocycles. The summed E-state index contributed by atoms with van der Waals surface area (Å²) in [6.45, 7) is 12.1. The smallest absolute Gasteiger partial charge is 0.410 e. The number of carbonyl (C=O) groups excluding carboxylic acids is 2. The van der Waals surface area contributed by atoms with E-state index in [9.17, 15) is 9.59 Å². The highest BCUT2D eigenvalue weighted by atomic mass is 16.6. The van der Waals surface area contributed by atoms with Gasteiger partial charge in [-0.2, -0.15) is 0 Å². The molecule has 1 fully saturated rings. The predicted octanol–water partition coefficient (Wildman–Crippen LogP) is 2.62. The van der Waals surface area contributed by atoms with Gasteiger partial charge >= 0.3 is 12.1 Å². The summed E-state index contributed by atoms with van der Waals surface area (Å²) < 4.78 is 10.4. The summed E-state index contributed by atoms with van der Waals surface area (Å²) >= 11 is 0. The second-order valence-corrected chi connectivity index (χ2v) is 6.98. The number of piperazine rings is 1. The maximum absolute atomic E-state index is 12.1. The molecule has 0 spiro atoms. The number of nitrogens with zero attached hydrogens (tertiary/aromatic N) is 3. The third kappa shape index (κ3) is 5.08. The number of rotatable bonds is 3. The van der Waals surface area contributed by atoms with Gasteiger partial charge in [0.15, 0.2) is 0 Å². The second kappa shape index (κ2) is 7.72. The Morgan fingerprint density at radius 1 is 1.16 bits per heavy atom. The molecule has 25 heavy (non-hydrogen) atoms. The van der Waals surface area contributed by atoms with Crippen LogP contribution in [0.5, 0.6) is 0 Å². The number of aromatic nitrogens is 1. The fraction of sp³-hybridized carbons (Fsp3) is 0.611. The zero-order valence-corrected chi connectivity index (χ0v) is 15.7. The molecule has 0 aromatic carbocycles. The van der Waals surface area contributed by atoms with Gasteiger partial charge in [0.05, 0.1) is 18.0 Å². The van der Waals surface area contributed by atoms with Crippen LogP contribution in [0, 0.1) is 6.92 Å².